The van der Waals surface area contributed by atoms with E-state index in [0.717, 1.165) is 6.42 Å². The average molecular weight is 221 g/mol. The van der Waals surface area contributed by atoms with Gasteiger partial charge in [-0.25, -0.2) is 0 Å². The van der Waals surface area contributed by atoms with Gasteiger partial charge < -0.3 is 15.2 Å². The first-order valence-electron chi connectivity index (χ1n) is 5.36. The largest absolute Gasteiger partial charge is 0.367 e. The number of carbonyl (C=O) groups excluding carboxylic acids is 1. The second kappa shape index (κ2) is 4.49. The van der Waals surface area contributed by atoms with Gasteiger partial charge >= 0.3 is 0 Å². The van der Waals surface area contributed by atoms with Crippen LogP contribution in [0.5, 0.6) is 0 Å². The van der Waals surface area contributed by atoms with E-state index < -0.39 is 0 Å². The van der Waals surface area contributed by atoms with Crippen LogP contribution in [0.3, 0.4) is 0 Å². The number of amides is 1. The Labute approximate surface area is 93.5 Å². The number of hydrogen-bond donors (Lipinski definition) is 2. The standard InChI is InChI=1S/C11H15N3O2/c1-12-8-3-5-14(7-8)11(16)9-6-13-4-2-10(9)15/h2,4,6,8,12H,3,5,7H2,1H3,(H,13,15). The molecule has 5 heteroatoms. The molecule has 1 saturated heterocycles. The van der Waals surface area contributed by atoms with Crippen molar-refractivity contribution >= 4 is 5.91 Å². The lowest BCUT2D eigenvalue weighted by Gasteiger charge is -2.15. The van der Waals surface area contributed by atoms with Crippen molar-refractivity contribution in [3.63, 3.8) is 0 Å². The zero-order valence-electron chi connectivity index (χ0n) is 9.19. The van der Waals surface area contributed by atoms with E-state index in [4.69, 9.17) is 0 Å². The van der Waals surface area contributed by atoms with Crippen LogP contribution in [-0.4, -0.2) is 42.0 Å². The summed E-state index contributed by atoms with van der Waals surface area (Å²) in [6.07, 6.45) is 3.93. The second-order valence-corrected chi connectivity index (χ2v) is 3.95. The summed E-state index contributed by atoms with van der Waals surface area (Å²) in [5.41, 5.74) is -0.00379. The normalized spacial score (nSPS) is 20.1. The van der Waals surface area contributed by atoms with Gasteiger partial charge in [-0.1, -0.05) is 0 Å². The highest BCUT2D eigenvalue weighted by Crippen LogP contribution is 2.11. The predicted octanol–water partition coefficient (Wildman–Crippen LogP) is -0.191. The Morgan fingerprint density at radius 2 is 2.44 bits per heavy atom. The zero-order chi connectivity index (χ0) is 11.5. The number of carbonyl (C=O) groups is 1. The minimum Gasteiger partial charge on any atom is -0.367 e. The van der Waals surface area contributed by atoms with E-state index >= 15 is 0 Å². The van der Waals surface area contributed by atoms with Crippen molar-refractivity contribution in [3.8, 4) is 0 Å². The lowest BCUT2D eigenvalue weighted by atomic mass is 10.2. The SMILES string of the molecule is CNC1CCN(C(=O)c2c[nH]ccc2=O)C1. The van der Waals surface area contributed by atoms with Crippen LogP contribution in [0.15, 0.2) is 23.3 Å². The van der Waals surface area contributed by atoms with Crippen molar-refractivity contribution in [2.45, 2.75) is 12.5 Å². The third-order valence-corrected chi connectivity index (χ3v) is 2.94. The summed E-state index contributed by atoms with van der Waals surface area (Å²) in [6.45, 7) is 1.38. The van der Waals surface area contributed by atoms with Crippen molar-refractivity contribution < 1.29 is 4.79 Å². The molecule has 2 N–H and O–H groups in total. The summed E-state index contributed by atoms with van der Waals surface area (Å²) < 4.78 is 0. The molecular formula is C11H15N3O2. The zero-order valence-corrected chi connectivity index (χ0v) is 9.19. The summed E-state index contributed by atoms with van der Waals surface area (Å²) in [7, 11) is 1.88. The second-order valence-electron chi connectivity index (χ2n) is 3.95. The lowest BCUT2D eigenvalue weighted by Crippen LogP contribution is -2.35. The maximum Gasteiger partial charge on any atom is 0.259 e. The molecule has 86 valence electrons. The van der Waals surface area contributed by atoms with Crippen molar-refractivity contribution in [1.29, 1.82) is 0 Å². The molecule has 1 aliphatic rings. The van der Waals surface area contributed by atoms with E-state index in [-0.39, 0.29) is 16.9 Å². The summed E-state index contributed by atoms with van der Waals surface area (Å²) in [5.74, 6) is -0.181. The van der Waals surface area contributed by atoms with Crippen molar-refractivity contribution in [2.24, 2.45) is 0 Å². The highest BCUT2D eigenvalue weighted by Gasteiger charge is 2.26. The molecule has 0 aliphatic carbocycles. The highest BCUT2D eigenvalue weighted by atomic mass is 16.2. The number of hydrogen-bond acceptors (Lipinski definition) is 3. The van der Waals surface area contributed by atoms with Crippen molar-refractivity contribution in [1.82, 2.24) is 15.2 Å². The Bertz CT molecular complexity index is 441. The van der Waals surface area contributed by atoms with Crippen LogP contribution in [-0.2, 0) is 0 Å². The molecule has 1 unspecified atom stereocenters. The van der Waals surface area contributed by atoms with Crippen LogP contribution in [0.1, 0.15) is 16.8 Å². The van der Waals surface area contributed by atoms with E-state index in [1.54, 1.807) is 4.90 Å². The Morgan fingerprint density at radius 1 is 1.62 bits per heavy atom. The van der Waals surface area contributed by atoms with Gasteiger partial charge in [-0.05, 0) is 13.5 Å². The molecule has 1 aromatic rings. The summed E-state index contributed by atoms with van der Waals surface area (Å²) in [6, 6.07) is 1.71. The van der Waals surface area contributed by atoms with Crippen LogP contribution >= 0.6 is 0 Å². The lowest BCUT2D eigenvalue weighted by molar-refractivity contribution is 0.0788. The third kappa shape index (κ3) is 1.99. The van der Waals surface area contributed by atoms with E-state index in [1.165, 1.54) is 18.5 Å². The van der Waals surface area contributed by atoms with Crippen LogP contribution in [0.25, 0.3) is 0 Å². The van der Waals surface area contributed by atoms with E-state index in [1.807, 2.05) is 7.05 Å². The minimum atomic E-state index is -0.225. The van der Waals surface area contributed by atoms with E-state index in [0.29, 0.717) is 19.1 Å². The molecule has 1 aromatic heterocycles. The molecule has 1 aliphatic heterocycles. The minimum absolute atomic E-state index is 0.181. The van der Waals surface area contributed by atoms with Gasteiger partial charge in [0.25, 0.3) is 5.91 Å². The number of nitrogens with one attached hydrogen (secondary N) is 2. The molecule has 5 nitrogen and oxygen atoms in total. The average Bonchev–Trinajstić information content (AvgIpc) is 2.77. The maximum atomic E-state index is 12.0. The van der Waals surface area contributed by atoms with Gasteiger partial charge in [0.2, 0.25) is 0 Å². The quantitative estimate of drug-likeness (QED) is 0.727. The fourth-order valence-corrected chi connectivity index (χ4v) is 1.93. The first kappa shape index (κ1) is 10.9. The number of H-pyrrole nitrogens is 1. The van der Waals surface area contributed by atoms with Crippen molar-refractivity contribution in [3.05, 3.63) is 34.2 Å². The predicted molar refractivity (Wildman–Crippen MR) is 60.4 cm³/mol. The molecule has 0 spiro atoms. The van der Waals surface area contributed by atoms with Crippen LogP contribution in [0, 0.1) is 0 Å². The van der Waals surface area contributed by atoms with Crippen molar-refractivity contribution in [2.75, 3.05) is 20.1 Å². The molecule has 2 heterocycles. The number of rotatable bonds is 2. The van der Waals surface area contributed by atoms with Gasteiger partial charge in [-0.15, -0.1) is 0 Å². The Morgan fingerprint density at radius 3 is 3.06 bits per heavy atom. The van der Waals surface area contributed by atoms with Gasteiger partial charge in [0.05, 0.1) is 0 Å². The van der Waals surface area contributed by atoms with Crippen LogP contribution in [0.2, 0.25) is 0 Å². The first-order valence-corrected chi connectivity index (χ1v) is 5.36. The Hall–Kier alpha value is -1.62. The number of likely N-dealkylation sites (tertiary alicyclic amines) is 1. The topological polar surface area (TPSA) is 65.2 Å². The number of aromatic amines is 1. The van der Waals surface area contributed by atoms with Gasteiger partial charge in [-0.2, -0.15) is 0 Å². The molecule has 0 saturated carbocycles. The monoisotopic (exact) mass is 221 g/mol. The smallest absolute Gasteiger partial charge is 0.259 e. The van der Waals surface area contributed by atoms with Gasteiger partial charge in [-0.3, -0.25) is 9.59 Å². The Balaban J connectivity index is 2.15. The molecule has 16 heavy (non-hydrogen) atoms. The Kier molecular flexibility index (Phi) is 3.05. The van der Waals surface area contributed by atoms with Gasteiger partial charge in [0.1, 0.15) is 5.56 Å². The van der Waals surface area contributed by atoms with Crippen LogP contribution < -0.4 is 10.7 Å². The summed E-state index contributed by atoms with van der Waals surface area (Å²) >= 11 is 0. The van der Waals surface area contributed by atoms with Gasteiger partial charge in [0.15, 0.2) is 5.43 Å². The highest BCUT2D eigenvalue weighted by molar-refractivity contribution is 5.94. The van der Waals surface area contributed by atoms with Crippen LogP contribution in [0.4, 0.5) is 0 Å². The molecule has 0 bridgehead atoms. The fraction of sp³-hybridized carbons (Fsp3) is 0.455. The molecule has 0 aromatic carbocycles. The molecule has 0 radical (unpaired) electrons. The number of aromatic nitrogens is 1. The third-order valence-electron chi connectivity index (χ3n) is 2.94. The molecule has 1 atom stereocenters. The molecule has 1 amide bonds. The molecular weight excluding hydrogens is 206 g/mol. The number of pyridine rings is 1. The fourth-order valence-electron chi connectivity index (χ4n) is 1.93. The summed E-state index contributed by atoms with van der Waals surface area (Å²) in [4.78, 5) is 28.0. The number of likely N-dealkylation sites (N-methyl/N-ethyl adjacent to an activating group) is 1. The number of nitrogens with zero attached hydrogens (tertiary/aromatic N) is 1. The van der Waals surface area contributed by atoms with E-state index in [9.17, 15) is 9.59 Å². The van der Waals surface area contributed by atoms with Gasteiger partial charge in [0, 0.05) is 37.6 Å². The maximum absolute atomic E-state index is 12.0. The first-order chi connectivity index (χ1) is 7.72. The van der Waals surface area contributed by atoms with E-state index in [2.05, 4.69) is 10.3 Å². The summed E-state index contributed by atoms with van der Waals surface area (Å²) in [5, 5.41) is 3.14. The molecule has 2 rings (SSSR count). The molecule has 1 fully saturated rings.